The zero-order chi connectivity index (χ0) is 19.0. The number of rotatable bonds is 4. The first kappa shape index (κ1) is 17.8. The van der Waals surface area contributed by atoms with Crippen molar-refractivity contribution in [1.29, 1.82) is 0 Å². The van der Waals surface area contributed by atoms with Gasteiger partial charge in [0.2, 0.25) is 5.88 Å². The third kappa shape index (κ3) is 3.24. The SMILES string of the molecule is CCc1nn2c(O)cc(-c3ccncc3)nc2c1Cc1cccc(Cl)c1Cl. The molecule has 0 spiro atoms. The third-order valence-electron chi connectivity index (χ3n) is 4.46. The van der Waals surface area contributed by atoms with Crippen LogP contribution in [0, 0.1) is 0 Å². The molecule has 0 saturated carbocycles. The number of nitrogens with zero attached hydrogens (tertiary/aromatic N) is 4. The highest BCUT2D eigenvalue weighted by Gasteiger charge is 2.18. The lowest BCUT2D eigenvalue weighted by atomic mass is 10.0. The van der Waals surface area contributed by atoms with Crippen molar-refractivity contribution in [3.05, 3.63) is 75.7 Å². The Morgan fingerprint density at radius 2 is 1.89 bits per heavy atom. The highest BCUT2D eigenvalue weighted by atomic mass is 35.5. The second kappa shape index (κ2) is 7.18. The zero-order valence-electron chi connectivity index (χ0n) is 14.5. The van der Waals surface area contributed by atoms with Crippen molar-refractivity contribution in [2.24, 2.45) is 0 Å². The minimum Gasteiger partial charge on any atom is -0.493 e. The van der Waals surface area contributed by atoms with Crippen LogP contribution >= 0.6 is 23.2 Å². The number of hydrogen-bond acceptors (Lipinski definition) is 4. The summed E-state index contributed by atoms with van der Waals surface area (Å²) in [6.07, 6.45) is 4.62. The minimum absolute atomic E-state index is 0.0324. The Balaban J connectivity index is 1.90. The maximum absolute atomic E-state index is 10.5. The van der Waals surface area contributed by atoms with Crippen LogP contribution in [0.25, 0.3) is 16.9 Å². The Bertz CT molecular complexity index is 1130. The molecule has 0 radical (unpaired) electrons. The largest absolute Gasteiger partial charge is 0.493 e. The van der Waals surface area contributed by atoms with Crippen LogP contribution in [-0.2, 0) is 12.8 Å². The molecule has 0 atom stereocenters. The van der Waals surface area contributed by atoms with E-state index in [-0.39, 0.29) is 5.88 Å². The van der Waals surface area contributed by atoms with Gasteiger partial charge in [0.1, 0.15) is 0 Å². The highest BCUT2D eigenvalue weighted by molar-refractivity contribution is 6.42. The van der Waals surface area contributed by atoms with Crippen molar-refractivity contribution in [3.63, 3.8) is 0 Å². The van der Waals surface area contributed by atoms with Gasteiger partial charge in [-0.05, 0) is 30.2 Å². The summed E-state index contributed by atoms with van der Waals surface area (Å²) in [6, 6.07) is 10.9. The van der Waals surface area contributed by atoms with E-state index in [0.29, 0.717) is 34.2 Å². The van der Waals surface area contributed by atoms with Crippen molar-refractivity contribution in [1.82, 2.24) is 19.6 Å². The predicted octanol–water partition coefficient (Wildman–Crippen LogP) is 4.96. The first-order valence-corrected chi connectivity index (χ1v) is 9.28. The molecule has 0 aliphatic rings. The van der Waals surface area contributed by atoms with Gasteiger partial charge in [-0.1, -0.05) is 42.3 Å². The summed E-state index contributed by atoms with van der Waals surface area (Å²) in [6.45, 7) is 2.02. The standard InChI is InChI=1S/C20H16Cl2N4O/c1-2-16-14(10-13-4-3-5-15(21)19(13)22)20-24-17(11-18(27)26(20)25-16)12-6-8-23-9-7-12/h3-9,11,27H,2,10H2,1H3. The first-order chi connectivity index (χ1) is 13.1. The molecular formula is C20H16Cl2N4O. The molecule has 4 aromatic rings. The van der Waals surface area contributed by atoms with Crippen LogP contribution in [0.1, 0.15) is 23.7 Å². The number of pyridine rings is 1. The molecule has 0 bridgehead atoms. The van der Waals surface area contributed by atoms with Crippen LogP contribution in [0.2, 0.25) is 10.0 Å². The molecule has 5 nitrogen and oxygen atoms in total. The van der Waals surface area contributed by atoms with Crippen molar-refractivity contribution >= 4 is 28.8 Å². The molecule has 0 aliphatic carbocycles. The number of aromatic nitrogens is 4. The number of aromatic hydroxyl groups is 1. The lowest BCUT2D eigenvalue weighted by molar-refractivity contribution is 0.435. The van der Waals surface area contributed by atoms with Gasteiger partial charge in [-0.2, -0.15) is 9.61 Å². The van der Waals surface area contributed by atoms with E-state index in [1.165, 1.54) is 4.52 Å². The summed E-state index contributed by atoms with van der Waals surface area (Å²) in [5.74, 6) is 0.0324. The van der Waals surface area contributed by atoms with Gasteiger partial charge in [0, 0.05) is 36.0 Å². The molecule has 4 rings (SSSR count). The number of halogens is 2. The van der Waals surface area contributed by atoms with Gasteiger partial charge in [0.05, 0.1) is 21.4 Å². The fourth-order valence-electron chi connectivity index (χ4n) is 3.10. The maximum Gasteiger partial charge on any atom is 0.216 e. The number of hydrogen-bond donors (Lipinski definition) is 1. The van der Waals surface area contributed by atoms with Crippen LogP contribution in [-0.4, -0.2) is 24.7 Å². The second-order valence-electron chi connectivity index (χ2n) is 6.14. The Morgan fingerprint density at radius 3 is 2.63 bits per heavy atom. The van der Waals surface area contributed by atoms with Gasteiger partial charge in [0.15, 0.2) is 5.65 Å². The molecule has 136 valence electrons. The molecule has 1 aromatic carbocycles. The zero-order valence-corrected chi connectivity index (χ0v) is 16.0. The summed E-state index contributed by atoms with van der Waals surface area (Å²) >= 11 is 12.5. The Morgan fingerprint density at radius 1 is 1.11 bits per heavy atom. The van der Waals surface area contributed by atoms with E-state index < -0.39 is 0 Å². The lowest BCUT2D eigenvalue weighted by Crippen LogP contribution is -1.97. The molecule has 1 N–H and O–H groups in total. The van der Waals surface area contributed by atoms with Crippen LogP contribution in [0.15, 0.2) is 48.8 Å². The van der Waals surface area contributed by atoms with Gasteiger partial charge in [-0.25, -0.2) is 4.98 Å². The monoisotopic (exact) mass is 398 g/mol. The summed E-state index contributed by atoms with van der Waals surface area (Å²) in [5.41, 5.74) is 4.81. The average Bonchev–Trinajstić information content (AvgIpc) is 3.04. The fraction of sp³-hybridized carbons (Fsp3) is 0.150. The molecule has 0 amide bonds. The molecule has 0 fully saturated rings. The second-order valence-corrected chi connectivity index (χ2v) is 6.92. The third-order valence-corrected chi connectivity index (χ3v) is 5.32. The van der Waals surface area contributed by atoms with Gasteiger partial charge >= 0.3 is 0 Å². The summed E-state index contributed by atoms with van der Waals surface area (Å²) in [7, 11) is 0. The molecule has 3 heterocycles. The van der Waals surface area contributed by atoms with E-state index in [1.54, 1.807) is 24.5 Å². The Kier molecular flexibility index (Phi) is 4.72. The molecule has 3 aromatic heterocycles. The van der Waals surface area contributed by atoms with E-state index in [9.17, 15) is 5.11 Å². The van der Waals surface area contributed by atoms with Crippen LogP contribution in [0.4, 0.5) is 0 Å². The van der Waals surface area contributed by atoms with E-state index >= 15 is 0 Å². The van der Waals surface area contributed by atoms with Crippen molar-refractivity contribution in [2.45, 2.75) is 19.8 Å². The van der Waals surface area contributed by atoms with Gasteiger partial charge in [-0.15, -0.1) is 0 Å². The van der Waals surface area contributed by atoms with Crippen molar-refractivity contribution in [3.8, 4) is 17.1 Å². The van der Waals surface area contributed by atoms with E-state index in [2.05, 4.69) is 10.1 Å². The number of benzene rings is 1. The summed E-state index contributed by atoms with van der Waals surface area (Å²) < 4.78 is 1.47. The number of aryl methyl sites for hydroxylation is 1. The van der Waals surface area contributed by atoms with Gasteiger partial charge in [-0.3, -0.25) is 4.98 Å². The topological polar surface area (TPSA) is 63.3 Å². The van der Waals surface area contributed by atoms with E-state index in [4.69, 9.17) is 28.2 Å². The smallest absolute Gasteiger partial charge is 0.216 e. The van der Waals surface area contributed by atoms with Crippen LogP contribution in [0.3, 0.4) is 0 Å². The van der Waals surface area contributed by atoms with Crippen LogP contribution in [0.5, 0.6) is 5.88 Å². The van der Waals surface area contributed by atoms with E-state index in [1.807, 2.05) is 31.2 Å². The first-order valence-electron chi connectivity index (χ1n) is 8.52. The quantitative estimate of drug-likeness (QED) is 0.527. The highest BCUT2D eigenvalue weighted by Crippen LogP contribution is 2.31. The summed E-state index contributed by atoms with van der Waals surface area (Å²) in [4.78, 5) is 8.79. The summed E-state index contributed by atoms with van der Waals surface area (Å²) in [5, 5.41) is 16.1. The van der Waals surface area contributed by atoms with Crippen LogP contribution < -0.4 is 0 Å². The normalized spacial score (nSPS) is 11.2. The van der Waals surface area contributed by atoms with Crippen molar-refractivity contribution in [2.75, 3.05) is 0 Å². The molecule has 0 saturated heterocycles. The predicted molar refractivity (Wildman–Crippen MR) is 107 cm³/mol. The van der Waals surface area contributed by atoms with Crippen molar-refractivity contribution < 1.29 is 5.11 Å². The number of fused-ring (bicyclic) bond motifs is 1. The fourth-order valence-corrected chi connectivity index (χ4v) is 3.49. The molecule has 7 heteroatoms. The molecule has 0 unspecified atom stereocenters. The molecule has 0 aliphatic heterocycles. The van der Waals surface area contributed by atoms with Gasteiger partial charge < -0.3 is 5.11 Å². The molecular weight excluding hydrogens is 383 g/mol. The van der Waals surface area contributed by atoms with E-state index in [0.717, 1.165) is 22.4 Å². The Labute approximate surface area is 166 Å². The minimum atomic E-state index is 0.0324. The lowest BCUT2D eigenvalue weighted by Gasteiger charge is -2.07. The maximum atomic E-state index is 10.5. The Hall–Kier alpha value is -2.63. The van der Waals surface area contributed by atoms with Gasteiger partial charge in [0.25, 0.3) is 0 Å². The average molecular weight is 399 g/mol. The molecule has 27 heavy (non-hydrogen) atoms.